The summed E-state index contributed by atoms with van der Waals surface area (Å²) in [5.74, 6) is -0.763. The second-order valence-electron chi connectivity index (χ2n) is 4.77. The topological polar surface area (TPSA) is 66.8 Å². The fraction of sp³-hybridized carbons (Fsp3) is 0.333. The van der Waals surface area contributed by atoms with E-state index in [1.54, 1.807) is 6.92 Å². The van der Waals surface area contributed by atoms with Crippen molar-refractivity contribution in [3.8, 4) is 0 Å². The average molecular weight is 275 g/mol. The van der Waals surface area contributed by atoms with Gasteiger partial charge in [-0.2, -0.15) is 0 Å². The number of hydrogen-bond acceptors (Lipinski definition) is 4. The zero-order valence-electron chi connectivity index (χ0n) is 11.5. The van der Waals surface area contributed by atoms with Gasteiger partial charge in [-0.15, -0.1) is 0 Å². The second kappa shape index (κ2) is 5.98. The Morgan fingerprint density at radius 2 is 2.05 bits per heavy atom. The molecule has 1 aliphatic heterocycles. The van der Waals surface area contributed by atoms with Gasteiger partial charge >= 0.3 is 0 Å². The molecule has 0 saturated carbocycles. The van der Waals surface area contributed by atoms with Crippen molar-refractivity contribution in [2.45, 2.75) is 26.9 Å². The molecule has 2 rings (SSSR count). The number of ether oxygens (including phenoxy) is 1. The van der Waals surface area contributed by atoms with Gasteiger partial charge in [-0.1, -0.05) is 30.3 Å². The van der Waals surface area contributed by atoms with Gasteiger partial charge in [0.05, 0.1) is 12.2 Å². The number of aliphatic hydroxyl groups excluding tert-OH is 1. The van der Waals surface area contributed by atoms with Crippen LogP contribution in [-0.4, -0.2) is 34.7 Å². The maximum absolute atomic E-state index is 12.0. The van der Waals surface area contributed by atoms with Gasteiger partial charge in [0.15, 0.2) is 5.78 Å². The Morgan fingerprint density at radius 3 is 2.60 bits per heavy atom. The van der Waals surface area contributed by atoms with Gasteiger partial charge in [0.1, 0.15) is 0 Å². The van der Waals surface area contributed by atoms with E-state index in [1.165, 1.54) is 6.92 Å². The summed E-state index contributed by atoms with van der Waals surface area (Å²) in [6.45, 7) is 3.46. The Hall–Kier alpha value is -1.98. The number of ketones is 1. The van der Waals surface area contributed by atoms with E-state index in [1.807, 2.05) is 30.3 Å². The zero-order chi connectivity index (χ0) is 14.7. The van der Waals surface area contributed by atoms with E-state index in [0.29, 0.717) is 5.57 Å². The molecule has 1 aromatic carbocycles. The van der Waals surface area contributed by atoms with Crippen molar-refractivity contribution in [2.75, 3.05) is 6.54 Å². The predicted octanol–water partition coefficient (Wildman–Crippen LogP) is 1.23. The van der Waals surface area contributed by atoms with Crippen molar-refractivity contribution in [1.29, 1.82) is 0 Å². The van der Waals surface area contributed by atoms with Gasteiger partial charge < -0.3 is 9.84 Å². The zero-order valence-corrected chi connectivity index (χ0v) is 11.5. The molecule has 1 N–H and O–H groups in total. The highest BCUT2D eigenvalue weighted by Crippen LogP contribution is 2.21. The van der Waals surface area contributed by atoms with Crippen molar-refractivity contribution >= 4 is 11.7 Å². The number of rotatable bonds is 5. The van der Waals surface area contributed by atoms with Crippen LogP contribution in [0.1, 0.15) is 19.4 Å². The molecule has 0 saturated heterocycles. The van der Waals surface area contributed by atoms with Crippen LogP contribution in [0.15, 0.2) is 41.5 Å². The fourth-order valence-corrected chi connectivity index (χ4v) is 2.20. The Bertz CT molecular complexity index is 550. The quantitative estimate of drug-likeness (QED) is 0.648. The van der Waals surface area contributed by atoms with Crippen molar-refractivity contribution in [2.24, 2.45) is 0 Å². The van der Waals surface area contributed by atoms with Crippen LogP contribution in [0.25, 0.3) is 0 Å². The summed E-state index contributed by atoms with van der Waals surface area (Å²) < 4.78 is 5.28. The normalized spacial score (nSPS) is 16.8. The highest BCUT2D eigenvalue weighted by atomic mass is 16.6. The maximum Gasteiger partial charge on any atom is 0.261 e. The maximum atomic E-state index is 12.0. The third kappa shape index (κ3) is 2.95. The molecule has 5 heteroatoms. The molecule has 1 aliphatic rings. The molecule has 0 bridgehead atoms. The lowest BCUT2D eigenvalue weighted by molar-refractivity contribution is -0.197. The number of amides is 1. The van der Waals surface area contributed by atoms with Gasteiger partial charge in [0.2, 0.25) is 6.41 Å². The van der Waals surface area contributed by atoms with Crippen molar-refractivity contribution < 1.29 is 19.4 Å². The first-order valence-corrected chi connectivity index (χ1v) is 6.36. The number of benzene rings is 1. The van der Waals surface area contributed by atoms with E-state index in [0.717, 1.165) is 10.5 Å². The summed E-state index contributed by atoms with van der Waals surface area (Å²) in [4.78, 5) is 24.6. The SMILES string of the molecule is CC(=O)C1=C(C)CN(C(O)OCc2ccccc2)C1=O. The minimum Gasteiger partial charge on any atom is -0.351 e. The van der Waals surface area contributed by atoms with Crippen molar-refractivity contribution in [3.63, 3.8) is 0 Å². The monoisotopic (exact) mass is 275 g/mol. The Morgan fingerprint density at radius 1 is 1.40 bits per heavy atom. The summed E-state index contributed by atoms with van der Waals surface area (Å²) in [7, 11) is 0. The average Bonchev–Trinajstić information content (AvgIpc) is 2.72. The molecule has 106 valence electrons. The Kier molecular flexibility index (Phi) is 4.32. The van der Waals surface area contributed by atoms with Gasteiger partial charge in [0.25, 0.3) is 5.91 Å². The lowest BCUT2D eigenvalue weighted by Gasteiger charge is -2.23. The van der Waals surface area contributed by atoms with Crippen LogP contribution in [-0.2, 0) is 20.9 Å². The number of nitrogens with zero attached hydrogens (tertiary/aromatic N) is 1. The van der Waals surface area contributed by atoms with Crippen LogP contribution in [0.5, 0.6) is 0 Å². The van der Waals surface area contributed by atoms with Crippen LogP contribution in [0.3, 0.4) is 0 Å². The fourth-order valence-electron chi connectivity index (χ4n) is 2.20. The van der Waals surface area contributed by atoms with Crippen LogP contribution < -0.4 is 0 Å². The first-order valence-electron chi connectivity index (χ1n) is 6.36. The lowest BCUT2D eigenvalue weighted by Crippen LogP contribution is -2.40. The first kappa shape index (κ1) is 14.4. The molecule has 1 heterocycles. The van der Waals surface area contributed by atoms with E-state index in [2.05, 4.69) is 0 Å². The molecule has 0 radical (unpaired) electrons. The number of Topliss-reactive ketones (excluding diaryl/α,β-unsaturated/α-hetero) is 1. The largest absolute Gasteiger partial charge is 0.351 e. The smallest absolute Gasteiger partial charge is 0.261 e. The van der Waals surface area contributed by atoms with Crippen LogP contribution in [0.4, 0.5) is 0 Å². The molecule has 0 aliphatic carbocycles. The number of aliphatic hydroxyl groups is 1. The van der Waals surface area contributed by atoms with Crippen LogP contribution >= 0.6 is 0 Å². The minimum absolute atomic E-state index is 0.146. The Balaban J connectivity index is 1.97. The molecule has 1 amide bonds. The summed E-state index contributed by atoms with van der Waals surface area (Å²) in [6, 6.07) is 9.35. The number of carbonyl (C=O) groups excluding carboxylic acids is 2. The van der Waals surface area contributed by atoms with Crippen LogP contribution in [0.2, 0.25) is 0 Å². The van der Waals surface area contributed by atoms with E-state index in [-0.39, 0.29) is 24.5 Å². The molecule has 0 fully saturated rings. The molecule has 0 spiro atoms. The standard InChI is InChI=1S/C15H17NO4/c1-10-8-16(14(18)13(10)11(2)17)15(19)20-9-12-6-4-3-5-7-12/h3-7,15,19H,8-9H2,1-2H3. The molecule has 1 aromatic rings. The summed E-state index contributed by atoms with van der Waals surface area (Å²) in [6.07, 6.45) is -1.35. The molecular weight excluding hydrogens is 258 g/mol. The summed E-state index contributed by atoms with van der Waals surface area (Å²) in [5, 5.41) is 9.94. The van der Waals surface area contributed by atoms with E-state index in [4.69, 9.17) is 4.74 Å². The highest BCUT2D eigenvalue weighted by molar-refractivity contribution is 6.20. The van der Waals surface area contributed by atoms with Crippen LogP contribution in [0, 0.1) is 0 Å². The van der Waals surface area contributed by atoms with Crippen molar-refractivity contribution in [1.82, 2.24) is 4.90 Å². The second-order valence-corrected chi connectivity index (χ2v) is 4.77. The molecule has 0 aromatic heterocycles. The van der Waals surface area contributed by atoms with Gasteiger partial charge in [-0.25, -0.2) is 0 Å². The van der Waals surface area contributed by atoms with E-state index < -0.39 is 12.3 Å². The molecule has 20 heavy (non-hydrogen) atoms. The lowest BCUT2D eigenvalue weighted by atomic mass is 10.1. The van der Waals surface area contributed by atoms with E-state index in [9.17, 15) is 14.7 Å². The molecule has 5 nitrogen and oxygen atoms in total. The van der Waals surface area contributed by atoms with Crippen molar-refractivity contribution in [3.05, 3.63) is 47.0 Å². The Labute approximate surface area is 117 Å². The summed E-state index contributed by atoms with van der Waals surface area (Å²) in [5.41, 5.74) is 1.70. The third-order valence-electron chi connectivity index (χ3n) is 3.17. The number of hydrogen-bond donors (Lipinski definition) is 1. The van der Waals surface area contributed by atoms with Gasteiger partial charge in [-0.3, -0.25) is 14.5 Å². The van der Waals surface area contributed by atoms with E-state index >= 15 is 0 Å². The first-order chi connectivity index (χ1) is 9.50. The third-order valence-corrected chi connectivity index (χ3v) is 3.17. The summed E-state index contributed by atoms with van der Waals surface area (Å²) >= 11 is 0. The predicted molar refractivity (Wildman–Crippen MR) is 72.3 cm³/mol. The number of carbonyl (C=O) groups is 2. The minimum atomic E-state index is -1.35. The molecular formula is C15H17NO4. The molecule has 1 unspecified atom stereocenters. The van der Waals surface area contributed by atoms with Gasteiger partial charge in [-0.05, 0) is 25.0 Å². The van der Waals surface area contributed by atoms with Gasteiger partial charge in [0, 0.05) is 6.54 Å². The molecule has 1 atom stereocenters. The highest BCUT2D eigenvalue weighted by Gasteiger charge is 2.34.